The largest absolute Gasteiger partial charge is 0.369 e. The van der Waals surface area contributed by atoms with Crippen molar-refractivity contribution >= 4 is 11.5 Å². The molecule has 174 valence electrons. The van der Waals surface area contributed by atoms with E-state index in [9.17, 15) is 0 Å². The Hall–Kier alpha value is -2.93. The molecule has 0 amide bonds. The fraction of sp³-hybridized carbons (Fsp3) is 0.500. The third-order valence-corrected chi connectivity index (χ3v) is 6.89. The van der Waals surface area contributed by atoms with Crippen molar-refractivity contribution in [2.75, 3.05) is 49.1 Å². The molecule has 3 aromatic rings. The highest BCUT2D eigenvalue weighted by molar-refractivity contribution is 5.56. The Kier molecular flexibility index (Phi) is 6.31. The van der Waals surface area contributed by atoms with Crippen molar-refractivity contribution in [1.82, 2.24) is 20.0 Å². The van der Waals surface area contributed by atoms with E-state index in [1.807, 2.05) is 6.20 Å². The normalized spacial score (nSPS) is 19.8. The van der Waals surface area contributed by atoms with Crippen LogP contribution in [0.5, 0.6) is 0 Å². The van der Waals surface area contributed by atoms with E-state index < -0.39 is 0 Å². The van der Waals surface area contributed by atoms with Crippen molar-refractivity contribution in [1.29, 1.82) is 0 Å². The zero-order valence-electron chi connectivity index (χ0n) is 20.0. The first-order chi connectivity index (χ1) is 16.0. The van der Waals surface area contributed by atoms with Crippen LogP contribution in [0.15, 0.2) is 41.1 Å². The molecule has 0 spiro atoms. The van der Waals surface area contributed by atoms with Crippen molar-refractivity contribution in [2.24, 2.45) is 5.92 Å². The Morgan fingerprint density at radius 1 is 1.00 bits per heavy atom. The number of benzene rings is 1. The lowest BCUT2D eigenvalue weighted by Crippen LogP contribution is -2.46. The number of piperidine rings is 1. The molecule has 1 atom stereocenters. The predicted octanol–water partition coefficient (Wildman–Crippen LogP) is 4.31. The summed E-state index contributed by atoms with van der Waals surface area (Å²) in [6.45, 7) is 13.5. The molecule has 4 heterocycles. The summed E-state index contributed by atoms with van der Waals surface area (Å²) in [7, 11) is 0. The maximum atomic E-state index is 5.57. The maximum absolute atomic E-state index is 5.57. The second-order valence-electron chi connectivity index (χ2n) is 9.66. The molecular formula is C26H34N6O. The zero-order valence-corrected chi connectivity index (χ0v) is 20.0. The number of hydrogen-bond donors (Lipinski definition) is 0. The topological polar surface area (TPSA) is 61.5 Å². The van der Waals surface area contributed by atoms with Gasteiger partial charge in [-0.3, -0.25) is 4.90 Å². The van der Waals surface area contributed by atoms with Gasteiger partial charge in [0.1, 0.15) is 5.82 Å². The fourth-order valence-corrected chi connectivity index (χ4v) is 4.94. The summed E-state index contributed by atoms with van der Waals surface area (Å²) in [5.74, 6) is 3.04. The summed E-state index contributed by atoms with van der Waals surface area (Å²) >= 11 is 0. The standard InChI is InChI=1S/C26H34N6O/c1-19-6-7-21(3)23(15-19)31-13-11-30(12-14-31)18-25-28-26(29-33-25)22-8-9-24(27-16-22)32-10-4-5-20(2)17-32/h6-9,15-16,20H,4-5,10-14,17-18H2,1-3H3. The summed E-state index contributed by atoms with van der Waals surface area (Å²) in [5.41, 5.74) is 4.90. The zero-order chi connectivity index (χ0) is 22.8. The number of rotatable bonds is 5. The Morgan fingerprint density at radius 3 is 2.61 bits per heavy atom. The summed E-state index contributed by atoms with van der Waals surface area (Å²) < 4.78 is 5.57. The molecule has 0 aliphatic carbocycles. The quantitative estimate of drug-likeness (QED) is 0.579. The first-order valence-electron chi connectivity index (χ1n) is 12.1. The molecule has 7 nitrogen and oxygen atoms in total. The van der Waals surface area contributed by atoms with Crippen LogP contribution in [0, 0.1) is 19.8 Å². The van der Waals surface area contributed by atoms with E-state index in [4.69, 9.17) is 4.52 Å². The van der Waals surface area contributed by atoms with E-state index in [2.05, 4.69) is 80.9 Å². The van der Waals surface area contributed by atoms with Gasteiger partial charge < -0.3 is 14.3 Å². The van der Waals surface area contributed by atoms with Gasteiger partial charge in [0.15, 0.2) is 0 Å². The molecule has 0 saturated carbocycles. The van der Waals surface area contributed by atoms with Gasteiger partial charge in [0.2, 0.25) is 11.7 Å². The number of piperazine rings is 1. The number of pyridine rings is 1. The van der Waals surface area contributed by atoms with Gasteiger partial charge in [-0.15, -0.1) is 0 Å². The molecule has 7 heteroatoms. The van der Waals surface area contributed by atoms with Crippen molar-refractivity contribution in [3.63, 3.8) is 0 Å². The van der Waals surface area contributed by atoms with E-state index >= 15 is 0 Å². The second kappa shape index (κ2) is 9.51. The van der Waals surface area contributed by atoms with Crippen LogP contribution in [-0.4, -0.2) is 59.3 Å². The van der Waals surface area contributed by atoms with Crippen LogP contribution in [-0.2, 0) is 6.54 Å². The monoisotopic (exact) mass is 446 g/mol. The SMILES string of the molecule is Cc1ccc(C)c(N2CCN(Cc3nc(-c4ccc(N5CCCC(C)C5)nc4)no3)CC2)c1. The van der Waals surface area contributed by atoms with Crippen LogP contribution in [0.2, 0.25) is 0 Å². The fourth-order valence-electron chi connectivity index (χ4n) is 4.94. The highest BCUT2D eigenvalue weighted by atomic mass is 16.5. The van der Waals surface area contributed by atoms with E-state index in [0.29, 0.717) is 18.3 Å². The highest BCUT2D eigenvalue weighted by Gasteiger charge is 2.21. The van der Waals surface area contributed by atoms with Gasteiger partial charge in [0.25, 0.3) is 0 Å². The van der Waals surface area contributed by atoms with Crippen LogP contribution in [0.1, 0.15) is 36.8 Å². The molecule has 0 radical (unpaired) electrons. The molecule has 1 unspecified atom stereocenters. The van der Waals surface area contributed by atoms with Gasteiger partial charge in [-0.1, -0.05) is 24.2 Å². The number of anilines is 2. The molecule has 0 bridgehead atoms. The minimum atomic E-state index is 0.616. The summed E-state index contributed by atoms with van der Waals surface area (Å²) in [5, 5.41) is 4.21. The van der Waals surface area contributed by atoms with Gasteiger partial charge in [-0.2, -0.15) is 4.98 Å². The average molecular weight is 447 g/mol. The number of aromatic nitrogens is 3. The lowest BCUT2D eigenvalue weighted by Gasteiger charge is -2.36. The van der Waals surface area contributed by atoms with Crippen molar-refractivity contribution in [3.05, 3.63) is 53.5 Å². The summed E-state index contributed by atoms with van der Waals surface area (Å²) in [4.78, 5) is 16.6. The van der Waals surface area contributed by atoms with Crippen molar-refractivity contribution < 1.29 is 4.52 Å². The number of hydrogen-bond acceptors (Lipinski definition) is 7. The van der Waals surface area contributed by atoms with Gasteiger partial charge in [-0.05, 0) is 61.9 Å². The van der Waals surface area contributed by atoms with Crippen molar-refractivity contribution in [2.45, 2.75) is 40.2 Å². The van der Waals surface area contributed by atoms with E-state index in [0.717, 1.165) is 56.6 Å². The van der Waals surface area contributed by atoms with Crippen molar-refractivity contribution in [3.8, 4) is 11.4 Å². The van der Waals surface area contributed by atoms with E-state index in [-0.39, 0.29) is 0 Å². The van der Waals surface area contributed by atoms with Crippen LogP contribution < -0.4 is 9.80 Å². The predicted molar refractivity (Wildman–Crippen MR) is 132 cm³/mol. The Labute approximate surface area is 196 Å². The molecule has 2 aromatic heterocycles. The molecule has 1 aromatic carbocycles. The third kappa shape index (κ3) is 5.03. The Morgan fingerprint density at radius 2 is 1.85 bits per heavy atom. The highest BCUT2D eigenvalue weighted by Crippen LogP contribution is 2.25. The lowest BCUT2D eigenvalue weighted by atomic mass is 10.0. The first-order valence-corrected chi connectivity index (χ1v) is 12.1. The van der Waals surface area contributed by atoms with Gasteiger partial charge in [0.05, 0.1) is 6.54 Å². The molecule has 2 fully saturated rings. The van der Waals surface area contributed by atoms with Gasteiger partial charge >= 0.3 is 0 Å². The van der Waals surface area contributed by atoms with Gasteiger partial charge in [-0.25, -0.2) is 4.98 Å². The number of aryl methyl sites for hydroxylation is 2. The molecular weight excluding hydrogens is 412 g/mol. The molecule has 33 heavy (non-hydrogen) atoms. The van der Waals surface area contributed by atoms with Crippen LogP contribution >= 0.6 is 0 Å². The molecule has 5 rings (SSSR count). The Balaban J connectivity index is 1.17. The smallest absolute Gasteiger partial charge is 0.241 e. The number of nitrogens with zero attached hydrogens (tertiary/aromatic N) is 6. The molecule has 2 aliphatic heterocycles. The van der Waals surface area contributed by atoms with Crippen LogP contribution in [0.3, 0.4) is 0 Å². The minimum Gasteiger partial charge on any atom is -0.369 e. The molecule has 2 saturated heterocycles. The van der Waals surface area contributed by atoms with Crippen LogP contribution in [0.4, 0.5) is 11.5 Å². The van der Waals surface area contributed by atoms with Gasteiger partial charge in [0, 0.05) is 56.7 Å². The summed E-state index contributed by atoms with van der Waals surface area (Å²) in [6, 6.07) is 10.8. The van der Waals surface area contributed by atoms with E-state index in [1.165, 1.54) is 29.7 Å². The average Bonchev–Trinajstić information content (AvgIpc) is 3.30. The minimum absolute atomic E-state index is 0.616. The lowest BCUT2D eigenvalue weighted by molar-refractivity contribution is 0.215. The summed E-state index contributed by atoms with van der Waals surface area (Å²) in [6.07, 6.45) is 4.41. The molecule has 2 aliphatic rings. The van der Waals surface area contributed by atoms with Crippen LogP contribution in [0.25, 0.3) is 11.4 Å². The Bertz CT molecular complexity index is 1070. The van der Waals surface area contributed by atoms with E-state index in [1.54, 1.807) is 0 Å². The third-order valence-electron chi connectivity index (χ3n) is 6.89. The first kappa shape index (κ1) is 21.9. The maximum Gasteiger partial charge on any atom is 0.241 e. The second-order valence-corrected chi connectivity index (χ2v) is 9.66. The molecule has 0 N–H and O–H groups in total.